The van der Waals surface area contributed by atoms with E-state index < -0.39 is 0 Å². The Morgan fingerprint density at radius 1 is 1.19 bits per heavy atom. The first-order valence-electron chi connectivity index (χ1n) is 6.59. The first kappa shape index (κ1) is 13.1. The minimum atomic E-state index is -0.253. The maximum Gasteiger partial charge on any atom is 0.276 e. The van der Waals surface area contributed by atoms with Crippen LogP contribution in [-0.4, -0.2) is 25.9 Å². The summed E-state index contributed by atoms with van der Waals surface area (Å²) in [4.78, 5) is 12.2. The fraction of sp³-hybridized carbons (Fsp3) is 0.133. The number of carbonyl (C=O) groups is 1. The van der Waals surface area contributed by atoms with Gasteiger partial charge in [-0.15, -0.1) is 0 Å². The van der Waals surface area contributed by atoms with Gasteiger partial charge in [-0.2, -0.15) is 10.2 Å². The Labute approximate surface area is 121 Å². The monoisotopic (exact) mass is 281 g/mol. The molecule has 0 aliphatic rings. The number of amides is 1. The van der Waals surface area contributed by atoms with E-state index in [0.717, 1.165) is 17.1 Å². The number of carbonyl (C=O) groups excluding carboxylic acids is 1. The molecule has 0 saturated heterocycles. The highest BCUT2D eigenvalue weighted by Gasteiger charge is 2.14. The van der Waals surface area contributed by atoms with Crippen molar-refractivity contribution in [1.82, 2.24) is 20.0 Å². The van der Waals surface area contributed by atoms with Crippen molar-refractivity contribution in [3.8, 4) is 5.69 Å². The first-order chi connectivity index (χ1) is 10.1. The van der Waals surface area contributed by atoms with E-state index in [1.165, 1.54) is 0 Å². The van der Waals surface area contributed by atoms with Gasteiger partial charge in [0.25, 0.3) is 5.91 Å². The molecule has 0 saturated carbocycles. The van der Waals surface area contributed by atoms with Crippen molar-refractivity contribution in [2.45, 2.75) is 13.8 Å². The van der Waals surface area contributed by atoms with Gasteiger partial charge < -0.3 is 5.32 Å². The molecule has 21 heavy (non-hydrogen) atoms. The van der Waals surface area contributed by atoms with Crippen LogP contribution in [0.5, 0.6) is 0 Å². The Morgan fingerprint density at radius 2 is 1.95 bits per heavy atom. The lowest BCUT2D eigenvalue weighted by molar-refractivity contribution is 0.102. The normalized spacial score (nSPS) is 10.6. The van der Waals surface area contributed by atoms with Gasteiger partial charge in [0.15, 0.2) is 5.69 Å². The molecular formula is C15H15N5O. The van der Waals surface area contributed by atoms with Gasteiger partial charge in [-0.25, -0.2) is 4.68 Å². The number of hydrogen-bond acceptors (Lipinski definition) is 3. The van der Waals surface area contributed by atoms with Crippen LogP contribution in [0.15, 0.2) is 42.6 Å². The van der Waals surface area contributed by atoms with Crippen molar-refractivity contribution in [2.24, 2.45) is 0 Å². The quantitative estimate of drug-likeness (QED) is 0.774. The number of benzene rings is 1. The van der Waals surface area contributed by atoms with Crippen molar-refractivity contribution in [3.63, 3.8) is 0 Å². The fourth-order valence-electron chi connectivity index (χ4n) is 2.08. The molecule has 1 aromatic carbocycles. The third-order valence-electron chi connectivity index (χ3n) is 3.21. The highest BCUT2D eigenvalue weighted by Crippen LogP contribution is 2.17. The molecule has 6 heteroatoms. The lowest BCUT2D eigenvalue weighted by Gasteiger charge is -2.03. The van der Waals surface area contributed by atoms with E-state index in [1.54, 1.807) is 16.9 Å². The molecule has 6 nitrogen and oxygen atoms in total. The third-order valence-corrected chi connectivity index (χ3v) is 3.21. The fourth-order valence-corrected chi connectivity index (χ4v) is 2.08. The summed E-state index contributed by atoms with van der Waals surface area (Å²) < 4.78 is 1.67. The first-order valence-corrected chi connectivity index (χ1v) is 6.59. The number of hydrogen-bond donors (Lipinski definition) is 2. The van der Waals surface area contributed by atoms with Crippen molar-refractivity contribution in [1.29, 1.82) is 0 Å². The number of aryl methyl sites for hydroxylation is 2. The van der Waals surface area contributed by atoms with Crippen LogP contribution in [0.4, 0.5) is 5.69 Å². The summed E-state index contributed by atoms with van der Waals surface area (Å²) in [5, 5.41) is 14.0. The van der Waals surface area contributed by atoms with E-state index in [-0.39, 0.29) is 5.91 Å². The molecule has 0 fully saturated rings. The van der Waals surface area contributed by atoms with Gasteiger partial charge in [-0.1, -0.05) is 18.2 Å². The van der Waals surface area contributed by atoms with Crippen LogP contribution in [0.2, 0.25) is 0 Å². The van der Waals surface area contributed by atoms with Gasteiger partial charge in [0.1, 0.15) is 0 Å². The van der Waals surface area contributed by atoms with Gasteiger partial charge in [-0.3, -0.25) is 9.89 Å². The van der Waals surface area contributed by atoms with E-state index in [1.807, 2.05) is 44.2 Å². The molecule has 3 aromatic rings. The highest BCUT2D eigenvalue weighted by molar-refractivity contribution is 6.03. The molecule has 0 spiro atoms. The second-order valence-corrected chi connectivity index (χ2v) is 4.74. The minimum Gasteiger partial charge on any atom is -0.317 e. The molecule has 106 valence electrons. The number of H-pyrrole nitrogens is 1. The SMILES string of the molecule is Cc1n[nH]c(C)c1NC(=O)c1ccn(-c2ccccc2)n1. The molecule has 0 bridgehead atoms. The maximum absolute atomic E-state index is 12.2. The number of nitrogens with one attached hydrogen (secondary N) is 2. The molecule has 0 aliphatic carbocycles. The summed E-state index contributed by atoms with van der Waals surface area (Å²) in [6.07, 6.45) is 1.76. The smallest absolute Gasteiger partial charge is 0.276 e. The summed E-state index contributed by atoms with van der Waals surface area (Å²) >= 11 is 0. The van der Waals surface area contributed by atoms with E-state index in [9.17, 15) is 4.79 Å². The van der Waals surface area contributed by atoms with Crippen LogP contribution in [0.25, 0.3) is 5.69 Å². The highest BCUT2D eigenvalue weighted by atomic mass is 16.2. The van der Waals surface area contributed by atoms with Crippen LogP contribution in [0.1, 0.15) is 21.9 Å². The number of aromatic amines is 1. The van der Waals surface area contributed by atoms with Gasteiger partial charge in [0.2, 0.25) is 0 Å². The second kappa shape index (κ2) is 5.24. The number of para-hydroxylation sites is 1. The van der Waals surface area contributed by atoms with Crippen LogP contribution in [0, 0.1) is 13.8 Å². The topological polar surface area (TPSA) is 75.6 Å². The second-order valence-electron chi connectivity index (χ2n) is 4.74. The third kappa shape index (κ3) is 2.55. The van der Waals surface area contributed by atoms with E-state index >= 15 is 0 Å². The van der Waals surface area contributed by atoms with E-state index in [4.69, 9.17) is 0 Å². The zero-order chi connectivity index (χ0) is 14.8. The summed E-state index contributed by atoms with van der Waals surface area (Å²) in [7, 11) is 0. The zero-order valence-corrected chi connectivity index (χ0v) is 11.8. The molecule has 2 aromatic heterocycles. The molecule has 1 amide bonds. The molecule has 0 aliphatic heterocycles. The number of anilines is 1. The van der Waals surface area contributed by atoms with Crippen molar-refractivity contribution in [3.05, 3.63) is 59.7 Å². The van der Waals surface area contributed by atoms with E-state index in [0.29, 0.717) is 11.4 Å². The Kier molecular flexibility index (Phi) is 3.27. The Morgan fingerprint density at radius 3 is 2.62 bits per heavy atom. The Hall–Kier alpha value is -2.89. The van der Waals surface area contributed by atoms with Crippen molar-refractivity contribution >= 4 is 11.6 Å². The molecule has 0 atom stereocenters. The van der Waals surface area contributed by atoms with E-state index in [2.05, 4.69) is 20.6 Å². The molecule has 2 heterocycles. The summed E-state index contributed by atoms with van der Waals surface area (Å²) in [5.74, 6) is -0.253. The summed E-state index contributed by atoms with van der Waals surface area (Å²) in [6.45, 7) is 3.69. The number of aromatic nitrogens is 4. The van der Waals surface area contributed by atoms with Crippen molar-refractivity contribution in [2.75, 3.05) is 5.32 Å². The number of nitrogens with zero attached hydrogens (tertiary/aromatic N) is 3. The maximum atomic E-state index is 12.2. The molecule has 0 radical (unpaired) electrons. The largest absolute Gasteiger partial charge is 0.317 e. The minimum absolute atomic E-state index is 0.253. The standard InChI is InChI=1S/C15H15N5O/c1-10-14(11(2)18-17-10)16-15(21)13-8-9-20(19-13)12-6-4-3-5-7-12/h3-9H,1-2H3,(H,16,21)(H,17,18). The Bertz CT molecular complexity index is 753. The van der Waals surface area contributed by atoms with Crippen LogP contribution in [-0.2, 0) is 0 Å². The van der Waals surface area contributed by atoms with Gasteiger partial charge in [0.05, 0.1) is 22.8 Å². The van der Waals surface area contributed by atoms with Crippen LogP contribution < -0.4 is 5.32 Å². The molecule has 2 N–H and O–H groups in total. The summed E-state index contributed by atoms with van der Waals surface area (Å²) in [6, 6.07) is 11.3. The Balaban J connectivity index is 1.82. The predicted molar refractivity (Wildman–Crippen MR) is 79.6 cm³/mol. The van der Waals surface area contributed by atoms with Gasteiger partial charge in [0, 0.05) is 6.20 Å². The van der Waals surface area contributed by atoms with Crippen LogP contribution >= 0.6 is 0 Å². The predicted octanol–water partition coefficient (Wildman–Crippen LogP) is 2.46. The number of rotatable bonds is 3. The lowest BCUT2D eigenvalue weighted by Crippen LogP contribution is -2.14. The van der Waals surface area contributed by atoms with Crippen LogP contribution in [0.3, 0.4) is 0 Å². The lowest BCUT2D eigenvalue weighted by atomic mass is 10.3. The summed E-state index contributed by atoms with van der Waals surface area (Å²) in [5.41, 5.74) is 3.55. The van der Waals surface area contributed by atoms with Gasteiger partial charge >= 0.3 is 0 Å². The molecule has 0 unspecified atom stereocenters. The molecule has 3 rings (SSSR count). The van der Waals surface area contributed by atoms with Crippen molar-refractivity contribution < 1.29 is 4.79 Å². The average Bonchev–Trinajstić information content (AvgIpc) is 3.11. The average molecular weight is 281 g/mol. The van der Waals surface area contributed by atoms with Gasteiger partial charge in [-0.05, 0) is 32.0 Å². The molecular weight excluding hydrogens is 266 g/mol. The zero-order valence-electron chi connectivity index (χ0n) is 11.8.